The van der Waals surface area contributed by atoms with Crippen LogP contribution in [0.15, 0.2) is 53.4 Å². The molecule has 0 aromatic heterocycles. The number of nitrogens with zero attached hydrogens (tertiary/aromatic N) is 1. The van der Waals surface area contributed by atoms with Gasteiger partial charge in [0.1, 0.15) is 0 Å². The van der Waals surface area contributed by atoms with Crippen LogP contribution in [0.5, 0.6) is 0 Å². The lowest BCUT2D eigenvalue weighted by atomic mass is 9.94. The molecule has 0 radical (unpaired) electrons. The van der Waals surface area contributed by atoms with Gasteiger partial charge < -0.3 is 5.11 Å². The molecule has 0 aliphatic rings. The average Bonchev–Trinajstić information content (AvgIpc) is 2.64. The van der Waals surface area contributed by atoms with Crippen molar-refractivity contribution in [2.45, 2.75) is 51.2 Å². The predicted octanol–water partition coefficient (Wildman–Crippen LogP) is 4.08. The van der Waals surface area contributed by atoms with Crippen molar-refractivity contribution in [1.82, 2.24) is 4.31 Å². The van der Waals surface area contributed by atoms with Gasteiger partial charge in [-0.05, 0) is 43.9 Å². The largest absolute Gasteiger partial charge is 0.387 e. The molecule has 2 atom stereocenters. The maximum Gasteiger partial charge on any atom is 0.244 e. The Labute approximate surface area is 169 Å². The van der Waals surface area contributed by atoms with Gasteiger partial charge >= 0.3 is 0 Å². The molecule has 0 fully saturated rings. The summed E-state index contributed by atoms with van der Waals surface area (Å²) in [5.41, 5.74) is 2.72. The standard InChI is InChI=1S/C23H29NO3S/c1-6-15-24(28(26,27)21-13-9-19(5)10-14-21)22(16-17(2)3)23(25)20-11-7-18(4)8-12-20/h1,7-14,17,22-23,25H,15-16H2,2-5H3/t22-,23+/m0/s1. The number of hydrogen-bond acceptors (Lipinski definition) is 3. The molecule has 2 rings (SSSR count). The zero-order chi connectivity index (χ0) is 20.9. The van der Waals surface area contributed by atoms with Crippen LogP contribution in [0.3, 0.4) is 0 Å². The van der Waals surface area contributed by atoms with Crippen LogP contribution in [0.4, 0.5) is 0 Å². The highest BCUT2D eigenvalue weighted by Crippen LogP contribution is 2.30. The first-order valence-electron chi connectivity index (χ1n) is 9.43. The molecule has 0 bridgehead atoms. The molecule has 2 aromatic carbocycles. The van der Waals surface area contributed by atoms with Gasteiger partial charge in [-0.2, -0.15) is 4.31 Å². The van der Waals surface area contributed by atoms with Crippen molar-refractivity contribution in [1.29, 1.82) is 0 Å². The number of benzene rings is 2. The average molecular weight is 400 g/mol. The monoisotopic (exact) mass is 399 g/mol. The fourth-order valence-corrected chi connectivity index (χ4v) is 4.74. The Balaban J connectivity index is 2.50. The number of aliphatic hydroxyl groups excluding tert-OH is 1. The third-order valence-corrected chi connectivity index (χ3v) is 6.63. The van der Waals surface area contributed by atoms with Gasteiger partial charge in [0.15, 0.2) is 0 Å². The minimum Gasteiger partial charge on any atom is -0.387 e. The second-order valence-electron chi connectivity index (χ2n) is 7.62. The molecule has 0 amide bonds. The van der Waals surface area contributed by atoms with E-state index in [4.69, 9.17) is 6.42 Å². The molecule has 150 valence electrons. The van der Waals surface area contributed by atoms with E-state index in [-0.39, 0.29) is 17.4 Å². The number of hydrogen-bond donors (Lipinski definition) is 1. The van der Waals surface area contributed by atoms with Gasteiger partial charge in [0.2, 0.25) is 10.0 Å². The minimum atomic E-state index is -3.86. The maximum absolute atomic E-state index is 13.4. The SMILES string of the molecule is C#CCN([C@@H](CC(C)C)[C@H](O)c1ccc(C)cc1)S(=O)(=O)c1ccc(C)cc1. The fraction of sp³-hybridized carbons (Fsp3) is 0.391. The molecule has 0 spiro atoms. The van der Waals surface area contributed by atoms with Crippen LogP contribution in [0.2, 0.25) is 0 Å². The summed E-state index contributed by atoms with van der Waals surface area (Å²) < 4.78 is 28.0. The molecule has 0 saturated carbocycles. The molecule has 28 heavy (non-hydrogen) atoms. The van der Waals surface area contributed by atoms with Crippen LogP contribution >= 0.6 is 0 Å². The Hall–Kier alpha value is -2.13. The summed E-state index contributed by atoms with van der Waals surface area (Å²) in [5, 5.41) is 11.1. The van der Waals surface area contributed by atoms with E-state index in [9.17, 15) is 13.5 Å². The number of terminal acetylenes is 1. The number of aryl methyl sites for hydroxylation is 2. The highest BCUT2D eigenvalue weighted by Gasteiger charge is 2.36. The molecular formula is C23H29NO3S. The van der Waals surface area contributed by atoms with E-state index in [0.717, 1.165) is 11.1 Å². The van der Waals surface area contributed by atoms with Crippen molar-refractivity contribution in [2.75, 3.05) is 6.54 Å². The zero-order valence-corrected chi connectivity index (χ0v) is 17.8. The summed E-state index contributed by atoms with van der Waals surface area (Å²) in [7, 11) is -3.86. The molecular weight excluding hydrogens is 370 g/mol. The predicted molar refractivity (Wildman–Crippen MR) is 113 cm³/mol. The minimum absolute atomic E-state index is 0.101. The van der Waals surface area contributed by atoms with Crippen LogP contribution in [-0.2, 0) is 10.0 Å². The summed E-state index contributed by atoms with van der Waals surface area (Å²) in [4.78, 5) is 0.179. The Morgan fingerprint density at radius 1 is 1.00 bits per heavy atom. The van der Waals surface area contributed by atoms with Crippen LogP contribution < -0.4 is 0 Å². The third kappa shape index (κ3) is 5.23. The molecule has 0 heterocycles. The lowest BCUT2D eigenvalue weighted by Crippen LogP contribution is -2.44. The first kappa shape index (κ1) is 22.2. The summed E-state index contributed by atoms with van der Waals surface area (Å²) in [5.74, 6) is 2.64. The molecule has 5 heteroatoms. The van der Waals surface area contributed by atoms with Crippen molar-refractivity contribution in [3.63, 3.8) is 0 Å². The Morgan fingerprint density at radius 2 is 1.50 bits per heavy atom. The van der Waals surface area contributed by atoms with Crippen LogP contribution in [0.25, 0.3) is 0 Å². The highest BCUT2D eigenvalue weighted by atomic mass is 32.2. The Bertz CT molecular complexity index is 910. The van der Waals surface area contributed by atoms with Crippen LogP contribution in [0, 0.1) is 32.1 Å². The normalized spacial score (nSPS) is 14.1. The van der Waals surface area contributed by atoms with Gasteiger partial charge in [-0.3, -0.25) is 0 Å². The van der Waals surface area contributed by atoms with Crippen molar-refractivity contribution < 1.29 is 13.5 Å². The lowest BCUT2D eigenvalue weighted by Gasteiger charge is -2.34. The fourth-order valence-electron chi connectivity index (χ4n) is 3.19. The number of rotatable bonds is 8. The molecule has 1 N–H and O–H groups in total. The van der Waals surface area contributed by atoms with Gasteiger partial charge in [0.25, 0.3) is 0 Å². The van der Waals surface area contributed by atoms with Crippen LogP contribution in [-0.4, -0.2) is 30.4 Å². The van der Waals surface area contributed by atoms with E-state index in [0.29, 0.717) is 12.0 Å². The number of aliphatic hydroxyl groups is 1. The lowest BCUT2D eigenvalue weighted by molar-refractivity contribution is 0.0818. The zero-order valence-electron chi connectivity index (χ0n) is 17.0. The van der Waals surface area contributed by atoms with Gasteiger partial charge in [0.05, 0.1) is 23.6 Å². The van der Waals surface area contributed by atoms with E-state index in [2.05, 4.69) is 5.92 Å². The topological polar surface area (TPSA) is 57.6 Å². The maximum atomic E-state index is 13.4. The second-order valence-corrected chi connectivity index (χ2v) is 9.51. The smallest absolute Gasteiger partial charge is 0.244 e. The molecule has 0 saturated heterocycles. The first-order valence-corrected chi connectivity index (χ1v) is 10.9. The Kier molecular flexibility index (Phi) is 7.42. The molecule has 4 nitrogen and oxygen atoms in total. The number of sulfonamides is 1. The molecule has 0 unspecified atom stereocenters. The van der Waals surface area contributed by atoms with E-state index < -0.39 is 22.2 Å². The molecule has 2 aromatic rings. The van der Waals surface area contributed by atoms with E-state index in [1.807, 2.05) is 52.0 Å². The van der Waals surface area contributed by atoms with E-state index in [1.54, 1.807) is 24.3 Å². The quantitative estimate of drug-likeness (QED) is 0.681. The molecule has 0 aliphatic carbocycles. The van der Waals surface area contributed by atoms with Gasteiger partial charge in [-0.15, -0.1) is 6.42 Å². The first-order chi connectivity index (χ1) is 13.2. The highest BCUT2D eigenvalue weighted by molar-refractivity contribution is 7.89. The Morgan fingerprint density at radius 3 is 1.96 bits per heavy atom. The van der Waals surface area contributed by atoms with Gasteiger partial charge in [0, 0.05) is 0 Å². The van der Waals surface area contributed by atoms with Crippen LogP contribution in [0.1, 0.15) is 43.1 Å². The van der Waals surface area contributed by atoms with Crippen molar-refractivity contribution in [2.24, 2.45) is 5.92 Å². The van der Waals surface area contributed by atoms with E-state index in [1.165, 1.54) is 4.31 Å². The van der Waals surface area contributed by atoms with Crippen molar-refractivity contribution in [3.05, 3.63) is 65.2 Å². The van der Waals surface area contributed by atoms with Gasteiger partial charge in [-0.1, -0.05) is 67.3 Å². The van der Waals surface area contributed by atoms with E-state index >= 15 is 0 Å². The molecule has 0 aliphatic heterocycles. The van der Waals surface area contributed by atoms with Crippen molar-refractivity contribution >= 4 is 10.0 Å². The summed E-state index contributed by atoms with van der Waals surface area (Å²) in [6.07, 6.45) is 5.03. The third-order valence-electron chi connectivity index (χ3n) is 4.74. The van der Waals surface area contributed by atoms with Gasteiger partial charge in [-0.25, -0.2) is 8.42 Å². The summed E-state index contributed by atoms with van der Waals surface area (Å²) in [6, 6.07) is 13.5. The second kappa shape index (κ2) is 9.38. The summed E-state index contributed by atoms with van der Waals surface area (Å²) in [6.45, 7) is 7.77. The summed E-state index contributed by atoms with van der Waals surface area (Å²) >= 11 is 0. The van der Waals surface area contributed by atoms with Crippen molar-refractivity contribution in [3.8, 4) is 12.3 Å².